The number of hydrogen-bond acceptors (Lipinski definition) is 2. The predicted octanol–water partition coefficient (Wildman–Crippen LogP) is 2.13. The zero-order chi connectivity index (χ0) is 13.4. The van der Waals surface area contributed by atoms with Crippen LogP contribution in [0.3, 0.4) is 0 Å². The normalized spacial score (nSPS) is 18.2. The van der Waals surface area contributed by atoms with Crippen LogP contribution < -0.4 is 5.69 Å². The molecule has 2 heterocycles. The second-order valence-electron chi connectivity index (χ2n) is 5.10. The van der Waals surface area contributed by atoms with Crippen molar-refractivity contribution in [3.8, 4) is 0 Å². The lowest BCUT2D eigenvalue weighted by Crippen LogP contribution is -2.36. The number of likely N-dealkylation sites (tertiary alicyclic amines) is 1. The third-order valence-corrected chi connectivity index (χ3v) is 4.07. The van der Waals surface area contributed by atoms with E-state index in [2.05, 4.69) is 16.8 Å². The molecule has 1 aromatic carbocycles. The van der Waals surface area contributed by atoms with Gasteiger partial charge in [-0.05, 0) is 31.5 Å². The van der Waals surface area contributed by atoms with Crippen molar-refractivity contribution in [2.75, 3.05) is 19.6 Å². The number of fused-ring (bicyclic) bond motifs is 1. The van der Waals surface area contributed by atoms with Crippen LogP contribution in [0.2, 0.25) is 0 Å². The van der Waals surface area contributed by atoms with Crippen LogP contribution in [0.25, 0.3) is 11.0 Å². The Hall–Kier alpha value is -1.62. The highest BCUT2D eigenvalue weighted by atomic mass is 19.1. The number of imidazole rings is 1. The van der Waals surface area contributed by atoms with Crippen LogP contribution in [0.15, 0.2) is 23.0 Å². The molecule has 1 aliphatic heterocycles. The Kier molecular flexibility index (Phi) is 3.14. The van der Waals surface area contributed by atoms with Gasteiger partial charge in [-0.25, -0.2) is 9.18 Å². The maximum absolute atomic E-state index is 13.7. The smallest absolute Gasteiger partial charge is 0.303 e. The number of H-pyrrole nitrogens is 1. The molecule has 19 heavy (non-hydrogen) atoms. The standard InChI is InChI=1S/C14H18FN3O/c1-2-17-8-6-10(7-9-17)18-12-5-3-4-11(15)13(12)16-14(18)19/h3-5,10H,2,6-9H2,1H3,(H,16,19). The third-order valence-electron chi connectivity index (χ3n) is 4.07. The summed E-state index contributed by atoms with van der Waals surface area (Å²) in [6, 6.07) is 5.01. The fourth-order valence-electron chi connectivity index (χ4n) is 2.97. The number of halogens is 1. The van der Waals surface area contributed by atoms with Crippen molar-refractivity contribution in [1.29, 1.82) is 0 Å². The molecule has 1 aliphatic rings. The Bertz CT molecular complexity index is 638. The molecule has 0 bridgehead atoms. The fourth-order valence-corrected chi connectivity index (χ4v) is 2.97. The zero-order valence-electron chi connectivity index (χ0n) is 11.0. The van der Waals surface area contributed by atoms with E-state index in [1.165, 1.54) is 6.07 Å². The van der Waals surface area contributed by atoms with E-state index < -0.39 is 0 Å². The van der Waals surface area contributed by atoms with E-state index in [0.29, 0.717) is 11.0 Å². The largest absolute Gasteiger partial charge is 0.326 e. The Morgan fingerprint density at radius 2 is 2.11 bits per heavy atom. The number of benzene rings is 1. The molecule has 5 heteroatoms. The highest BCUT2D eigenvalue weighted by molar-refractivity contribution is 5.75. The number of piperidine rings is 1. The van der Waals surface area contributed by atoms with E-state index >= 15 is 0 Å². The average molecular weight is 263 g/mol. The van der Waals surface area contributed by atoms with Crippen LogP contribution >= 0.6 is 0 Å². The summed E-state index contributed by atoms with van der Waals surface area (Å²) in [5.41, 5.74) is 0.806. The zero-order valence-corrected chi connectivity index (χ0v) is 11.0. The number of rotatable bonds is 2. The van der Waals surface area contributed by atoms with Crippen molar-refractivity contribution in [2.45, 2.75) is 25.8 Å². The SMILES string of the molecule is CCN1CCC(n2c(=O)[nH]c3c(F)cccc32)CC1. The molecule has 3 rings (SSSR count). The second-order valence-corrected chi connectivity index (χ2v) is 5.10. The molecule has 1 N–H and O–H groups in total. The van der Waals surface area contributed by atoms with Gasteiger partial charge in [-0.1, -0.05) is 13.0 Å². The number of para-hydroxylation sites is 1. The minimum absolute atomic E-state index is 0.172. The molecule has 1 aromatic heterocycles. The summed E-state index contributed by atoms with van der Waals surface area (Å²) in [7, 11) is 0. The average Bonchev–Trinajstić information content (AvgIpc) is 2.77. The van der Waals surface area contributed by atoms with E-state index in [-0.39, 0.29) is 17.5 Å². The first kappa shape index (κ1) is 12.4. The summed E-state index contributed by atoms with van der Waals surface area (Å²) in [6.07, 6.45) is 1.88. The van der Waals surface area contributed by atoms with Crippen LogP contribution in [-0.4, -0.2) is 34.1 Å². The molecule has 1 fully saturated rings. The van der Waals surface area contributed by atoms with Crippen molar-refractivity contribution in [2.24, 2.45) is 0 Å². The van der Waals surface area contributed by atoms with Crippen molar-refractivity contribution >= 4 is 11.0 Å². The second kappa shape index (κ2) is 4.81. The Labute approximate surface area is 110 Å². The molecule has 2 aromatic rings. The van der Waals surface area contributed by atoms with Crippen molar-refractivity contribution in [3.05, 3.63) is 34.5 Å². The molecule has 0 radical (unpaired) electrons. The molecular formula is C14H18FN3O. The number of hydrogen-bond donors (Lipinski definition) is 1. The number of aromatic amines is 1. The summed E-state index contributed by atoms with van der Waals surface area (Å²) in [6.45, 7) is 5.18. The lowest BCUT2D eigenvalue weighted by atomic mass is 10.0. The molecule has 0 spiro atoms. The fraction of sp³-hybridized carbons (Fsp3) is 0.500. The van der Waals surface area contributed by atoms with Crippen LogP contribution in [-0.2, 0) is 0 Å². The van der Waals surface area contributed by atoms with Gasteiger partial charge >= 0.3 is 5.69 Å². The monoisotopic (exact) mass is 263 g/mol. The summed E-state index contributed by atoms with van der Waals surface area (Å²) in [5, 5.41) is 0. The van der Waals surface area contributed by atoms with Gasteiger partial charge in [0.2, 0.25) is 0 Å². The molecule has 4 nitrogen and oxygen atoms in total. The van der Waals surface area contributed by atoms with Gasteiger partial charge in [-0.15, -0.1) is 0 Å². The van der Waals surface area contributed by atoms with Crippen molar-refractivity contribution in [1.82, 2.24) is 14.5 Å². The maximum Gasteiger partial charge on any atom is 0.326 e. The first-order chi connectivity index (χ1) is 9.20. The predicted molar refractivity (Wildman–Crippen MR) is 72.9 cm³/mol. The maximum atomic E-state index is 13.7. The van der Waals surface area contributed by atoms with E-state index in [1.54, 1.807) is 10.6 Å². The van der Waals surface area contributed by atoms with Crippen LogP contribution in [0.1, 0.15) is 25.8 Å². The number of aromatic nitrogens is 2. The molecular weight excluding hydrogens is 245 g/mol. The minimum Gasteiger partial charge on any atom is -0.303 e. The Balaban J connectivity index is 1.99. The van der Waals surface area contributed by atoms with Crippen LogP contribution in [0.5, 0.6) is 0 Å². The highest BCUT2D eigenvalue weighted by Gasteiger charge is 2.23. The van der Waals surface area contributed by atoms with Gasteiger partial charge in [-0.3, -0.25) is 4.57 Å². The van der Waals surface area contributed by atoms with Gasteiger partial charge in [-0.2, -0.15) is 0 Å². The van der Waals surface area contributed by atoms with E-state index in [4.69, 9.17) is 0 Å². The molecule has 0 aliphatic carbocycles. The van der Waals surface area contributed by atoms with E-state index in [0.717, 1.165) is 32.5 Å². The van der Waals surface area contributed by atoms with Gasteiger partial charge in [0.05, 0.1) is 5.52 Å². The quantitative estimate of drug-likeness (QED) is 0.901. The van der Waals surface area contributed by atoms with Gasteiger partial charge in [0.1, 0.15) is 11.3 Å². The topological polar surface area (TPSA) is 41.0 Å². The van der Waals surface area contributed by atoms with Crippen LogP contribution in [0.4, 0.5) is 4.39 Å². The molecule has 0 amide bonds. The summed E-state index contributed by atoms with van der Waals surface area (Å²) in [5.74, 6) is -0.362. The Morgan fingerprint density at radius 1 is 1.37 bits per heavy atom. The third kappa shape index (κ3) is 2.08. The molecule has 0 atom stereocenters. The summed E-state index contributed by atoms with van der Waals surface area (Å²) in [4.78, 5) is 17.1. The minimum atomic E-state index is -0.362. The van der Waals surface area contributed by atoms with E-state index in [1.807, 2.05) is 6.07 Å². The molecule has 0 unspecified atom stereocenters. The van der Waals surface area contributed by atoms with E-state index in [9.17, 15) is 9.18 Å². The first-order valence-electron chi connectivity index (χ1n) is 6.81. The van der Waals surface area contributed by atoms with Crippen LogP contribution in [0, 0.1) is 5.82 Å². The van der Waals surface area contributed by atoms with Gasteiger partial charge in [0, 0.05) is 19.1 Å². The number of nitrogens with one attached hydrogen (secondary N) is 1. The van der Waals surface area contributed by atoms with Gasteiger partial charge in [0.25, 0.3) is 0 Å². The molecule has 1 saturated heterocycles. The molecule has 0 saturated carbocycles. The van der Waals surface area contributed by atoms with Gasteiger partial charge < -0.3 is 9.88 Å². The Morgan fingerprint density at radius 3 is 2.79 bits per heavy atom. The first-order valence-corrected chi connectivity index (χ1v) is 6.81. The highest BCUT2D eigenvalue weighted by Crippen LogP contribution is 2.25. The summed E-state index contributed by atoms with van der Waals surface area (Å²) >= 11 is 0. The molecule has 102 valence electrons. The lowest BCUT2D eigenvalue weighted by molar-refractivity contribution is 0.195. The lowest BCUT2D eigenvalue weighted by Gasteiger charge is -2.31. The number of nitrogens with zero attached hydrogens (tertiary/aromatic N) is 2. The van der Waals surface area contributed by atoms with Crippen molar-refractivity contribution in [3.63, 3.8) is 0 Å². The summed E-state index contributed by atoms with van der Waals surface area (Å²) < 4.78 is 15.4. The van der Waals surface area contributed by atoms with Crippen molar-refractivity contribution < 1.29 is 4.39 Å². The van der Waals surface area contributed by atoms with Gasteiger partial charge in [0.15, 0.2) is 0 Å².